The van der Waals surface area contributed by atoms with Gasteiger partial charge in [0.05, 0.1) is 5.69 Å². The van der Waals surface area contributed by atoms with Crippen LogP contribution in [0.5, 0.6) is 0 Å². The zero-order valence-electron chi connectivity index (χ0n) is 25.8. The second kappa shape index (κ2) is 12.8. The van der Waals surface area contributed by atoms with Crippen LogP contribution in [-0.2, 0) is 0 Å². The first-order valence-electron chi connectivity index (χ1n) is 15.8. The molecule has 0 aliphatic rings. The summed E-state index contributed by atoms with van der Waals surface area (Å²) in [6, 6.07) is 67.0. The van der Waals surface area contributed by atoms with Gasteiger partial charge < -0.3 is 9.80 Å². The van der Waals surface area contributed by atoms with Gasteiger partial charge in [0.25, 0.3) is 0 Å². The molecule has 0 aliphatic heterocycles. The molecule has 0 bridgehead atoms. The summed E-state index contributed by atoms with van der Waals surface area (Å²) in [7, 11) is 0. The van der Waals surface area contributed by atoms with E-state index in [9.17, 15) is 0 Å². The van der Waals surface area contributed by atoms with E-state index >= 15 is 0 Å². The van der Waals surface area contributed by atoms with Crippen molar-refractivity contribution in [2.45, 2.75) is 0 Å². The highest BCUT2D eigenvalue weighted by atomic mass is 32.1. The highest BCUT2D eigenvalue weighted by molar-refractivity contribution is 7.17. The molecule has 0 saturated carbocycles. The molecule has 3 heteroatoms. The Labute approximate surface area is 280 Å². The van der Waals surface area contributed by atoms with Crippen LogP contribution in [0, 0.1) is 0 Å². The molecule has 0 spiro atoms. The van der Waals surface area contributed by atoms with E-state index in [0.717, 1.165) is 28.4 Å². The first-order valence-corrected chi connectivity index (χ1v) is 16.7. The predicted octanol–water partition coefficient (Wildman–Crippen LogP) is 13.2. The molecule has 0 atom stereocenters. The quantitative estimate of drug-likeness (QED) is 0.167. The molecule has 0 unspecified atom stereocenters. The maximum Gasteiger partial charge on any atom is 0.0647 e. The number of fused-ring (bicyclic) bond motifs is 1. The monoisotopic (exact) mass is 620 g/mol. The molecule has 1 aromatic heterocycles. The number of anilines is 6. The van der Waals surface area contributed by atoms with Crippen molar-refractivity contribution in [1.82, 2.24) is 0 Å². The van der Waals surface area contributed by atoms with E-state index in [1.807, 2.05) is 0 Å². The topological polar surface area (TPSA) is 6.48 Å². The number of hydrogen-bond acceptors (Lipinski definition) is 3. The Morgan fingerprint density at radius 1 is 0.319 bits per heavy atom. The van der Waals surface area contributed by atoms with Crippen molar-refractivity contribution in [2.24, 2.45) is 0 Å². The normalized spacial score (nSPS) is 11.0. The Kier molecular flexibility index (Phi) is 7.80. The number of nitrogens with zero attached hydrogens (tertiary/aromatic N) is 2. The Bertz CT molecular complexity index is 2140. The van der Waals surface area contributed by atoms with Gasteiger partial charge in [0.15, 0.2) is 0 Å². The number of hydrogen-bond donors (Lipinski definition) is 0. The lowest BCUT2D eigenvalue weighted by Gasteiger charge is -2.29. The zero-order chi connectivity index (χ0) is 31.4. The van der Waals surface area contributed by atoms with Gasteiger partial charge in [-0.3, -0.25) is 0 Å². The van der Waals surface area contributed by atoms with Gasteiger partial charge >= 0.3 is 0 Å². The fourth-order valence-electron chi connectivity index (χ4n) is 6.23. The van der Waals surface area contributed by atoms with E-state index in [2.05, 4.69) is 203 Å². The van der Waals surface area contributed by atoms with Crippen LogP contribution in [0.4, 0.5) is 34.1 Å². The second-order valence-electron chi connectivity index (χ2n) is 11.5. The largest absolute Gasteiger partial charge is 0.310 e. The average Bonchev–Trinajstić information content (AvgIpc) is 3.57. The summed E-state index contributed by atoms with van der Waals surface area (Å²) in [4.78, 5) is 4.72. The summed E-state index contributed by atoms with van der Waals surface area (Å²) < 4.78 is 1.28. The van der Waals surface area contributed by atoms with Gasteiger partial charge in [-0.25, -0.2) is 0 Å². The van der Waals surface area contributed by atoms with Gasteiger partial charge in [0, 0.05) is 43.9 Å². The minimum atomic E-state index is 1.09. The van der Waals surface area contributed by atoms with Gasteiger partial charge in [-0.1, -0.05) is 127 Å². The van der Waals surface area contributed by atoms with Crippen molar-refractivity contribution in [3.05, 3.63) is 193 Å². The molecule has 0 radical (unpaired) electrons. The molecule has 0 N–H and O–H groups in total. The number of rotatable bonds is 8. The summed E-state index contributed by atoms with van der Waals surface area (Å²) >= 11 is 1.78. The Morgan fingerprint density at radius 2 is 0.745 bits per heavy atom. The standard InChI is InChI=1S/C44H32N2S/c1-4-13-33(14-5-1)35-23-27-38(28-24-35)45(39-29-25-36(26-30-39)34-15-6-2-7-16-34)40-19-12-20-41(31-40)46(37-17-8-3-9-18-37)43-32-47-44-22-11-10-21-42(43)44/h1-32H. The van der Waals surface area contributed by atoms with E-state index in [-0.39, 0.29) is 0 Å². The summed E-state index contributed by atoms with van der Waals surface area (Å²) in [5.41, 5.74) is 11.5. The summed E-state index contributed by atoms with van der Waals surface area (Å²) in [5, 5.41) is 3.52. The van der Waals surface area contributed by atoms with Crippen molar-refractivity contribution in [3.8, 4) is 22.3 Å². The number of para-hydroxylation sites is 1. The SMILES string of the molecule is c1ccc(-c2ccc(N(c3ccc(-c4ccccc4)cc3)c3cccc(N(c4ccccc4)c4csc5ccccc45)c3)cc2)cc1. The minimum absolute atomic E-state index is 1.09. The molecule has 47 heavy (non-hydrogen) atoms. The minimum Gasteiger partial charge on any atom is -0.310 e. The zero-order valence-corrected chi connectivity index (χ0v) is 26.6. The fraction of sp³-hybridized carbons (Fsp3) is 0. The smallest absolute Gasteiger partial charge is 0.0647 e. The number of benzene rings is 7. The first kappa shape index (κ1) is 28.6. The highest BCUT2D eigenvalue weighted by Gasteiger charge is 2.19. The lowest BCUT2D eigenvalue weighted by molar-refractivity contribution is 1.26. The average molecular weight is 621 g/mol. The maximum atomic E-state index is 2.37. The molecule has 224 valence electrons. The van der Waals surface area contributed by atoms with E-state index in [1.165, 1.54) is 38.0 Å². The molecular weight excluding hydrogens is 589 g/mol. The second-order valence-corrected chi connectivity index (χ2v) is 12.4. The van der Waals surface area contributed by atoms with Gasteiger partial charge in [-0.2, -0.15) is 0 Å². The van der Waals surface area contributed by atoms with Crippen LogP contribution in [0.3, 0.4) is 0 Å². The van der Waals surface area contributed by atoms with E-state index in [0.29, 0.717) is 0 Å². The lowest BCUT2D eigenvalue weighted by Crippen LogP contribution is -2.13. The number of thiophene rings is 1. The lowest BCUT2D eigenvalue weighted by atomic mass is 10.0. The Morgan fingerprint density at radius 3 is 1.32 bits per heavy atom. The maximum absolute atomic E-state index is 2.37. The summed E-state index contributed by atoms with van der Waals surface area (Å²) in [5.74, 6) is 0. The molecule has 0 amide bonds. The third-order valence-electron chi connectivity index (χ3n) is 8.53. The van der Waals surface area contributed by atoms with Gasteiger partial charge in [-0.15, -0.1) is 11.3 Å². The third-order valence-corrected chi connectivity index (χ3v) is 9.48. The first-order chi connectivity index (χ1) is 23.3. The van der Waals surface area contributed by atoms with Crippen LogP contribution in [0.15, 0.2) is 193 Å². The van der Waals surface area contributed by atoms with Crippen molar-refractivity contribution in [2.75, 3.05) is 9.80 Å². The van der Waals surface area contributed by atoms with E-state index in [4.69, 9.17) is 0 Å². The van der Waals surface area contributed by atoms with Gasteiger partial charge in [0.1, 0.15) is 0 Å². The molecule has 7 aromatic carbocycles. The Hall–Kier alpha value is -5.90. The molecule has 1 heterocycles. The van der Waals surface area contributed by atoms with Crippen molar-refractivity contribution < 1.29 is 0 Å². The Balaban J connectivity index is 1.25. The highest BCUT2D eigenvalue weighted by Crippen LogP contribution is 2.44. The van der Waals surface area contributed by atoms with Crippen LogP contribution in [0.2, 0.25) is 0 Å². The molecule has 2 nitrogen and oxygen atoms in total. The molecule has 0 aliphatic carbocycles. The third kappa shape index (κ3) is 5.81. The van der Waals surface area contributed by atoms with Gasteiger partial charge in [-0.05, 0) is 82.9 Å². The molecule has 0 fully saturated rings. The van der Waals surface area contributed by atoms with Crippen molar-refractivity contribution in [1.29, 1.82) is 0 Å². The predicted molar refractivity (Wildman–Crippen MR) is 202 cm³/mol. The fourth-order valence-corrected chi connectivity index (χ4v) is 7.15. The molecular formula is C44H32N2S. The van der Waals surface area contributed by atoms with Crippen LogP contribution >= 0.6 is 11.3 Å². The van der Waals surface area contributed by atoms with E-state index < -0.39 is 0 Å². The van der Waals surface area contributed by atoms with E-state index in [1.54, 1.807) is 11.3 Å². The van der Waals surface area contributed by atoms with Crippen LogP contribution in [-0.4, -0.2) is 0 Å². The van der Waals surface area contributed by atoms with Crippen molar-refractivity contribution in [3.63, 3.8) is 0 Å². The molecule has 8 rings (SSSR count). The summed E-state index contributed by atoms with van der Waals surface area (Å²) in [6.45, 7) is 0. The van der Waals surface area contributed by atoms with Crippen LogP contribution in [0.25, 0.3) is 32.3 Å². The molecule has 8 aromatic rings. The van der Waals surface area contributed by atoms with Gasteiger partial charge in [0.2, 0.25) is 0 Å². The summed E-state index contributed by atoms with van der Waals surface area (Å²) in [6.07, 6.45) is 0. The van der Waals surface area contributed by atoms with Crippen LogP contribution in [0.1, 0.15) is 0 Å². The van der Waals surface area contributed by atoms with Crippen LogP contribution < -0.4 is 9.80 Å². The van der Waals surface area contributed by atoms with Crippen molar-refractivity contribution >= 4 is 55.5 Å². The molecule has 0 saturated heterocycles.